The van der Waals surface area contributed by atoms with Crippen molar-refractivity contribution in [1.82, 2.24) is 15.1 Å². The second-order valence-corrected chi connectivity index (χ2v) is 3.76. The molecule has 2 rings (SSSR count). The first-order valence-corrected chi connectivity index (χ1v) is 5.44. The number of hydrogen-bond donors (Lipinski definition) is 1. The second-order valence-electron chi connectivity index (χ2n) is 2.93. The number of hydrogen-bond acceptors (Lipinski definition) is 3. The molecule has 0 spiro atoms. The number of thioether (sulfide) groups is 1. The first-order chi connectivity index (χ1) is 5.90. The normalized spacial score (nSPS) is 17.1. The summed E-state index contributed by atoms with van der Waals surface area (Å²) in [6, 6.07) is 2.17. The molecule has 1 aromatic rings. The van der Waals surface area contributed by atoms with Crippen LogP contribution in [0.4, 0.5) is 0 Å². The summed E-state index contributed by atoms with van der Waals surface area (Å²) in [7, 11) is 0. The number of aromatic nitrogens is 2. The lowest BCUT2D eigenvalue weighted by atomic mass is 10.4. The lowest BCUT2D eigenvalue weighted by molar-refractivity contribution is 0.576. The van der Waals surface area contributed by atoms with Crippen LogP contribution in [0.3, 0.4) is 0 Å². The van der Waals surface area contributed by atoms with Gasteiger partial charge in [0.25, 0.3) is 0 Å². The number of nitrogens with zero attached hydrogens (tertiary/aromatic N) is 2. The zero-order chi connectivity index (χ0) is 8.39. The molecule has 0 bridgehead atoms. The zero-order valence-corrected chi connectivity index (χ0v) is 8.02. The van der Waals surface area contributed by atoms with E-state index < -0.39 is 0 Å². The Kier molecular flexibility index (Phi) is 2.37. The number of aryl methyl sites for hydroxylation is 1. The van der Waals surface area contributed by atoms with Gasteiger partial charge in [-0.1, -0.05) is 0 Å². The van der Waals surface area contributed by atoms with Gasteiger partial charge in [-0.3, -0.25) is 4.68 Å². The van der Waals surface area contributed by atoms with Gasteiger partial charge in [-0.15, -0.1) is 11.8 Å². The van der Waals surface area contributed by atoms with Crippen molar-refractivity contribution in [3.8, 4) is 0 Å². The Bertz CT molecular complexity index is 251. The van der Waals surface area contributed by atoms with Crippen LogP contribution in [0.25, 0.3) is 0 Å². The molecule has 1 aliphatic heterocycles. The first-order valence-electron chi connectivity index (χ1n) is 4.21. The molecule has 0 amide bonds. The van der Waals surface area contributed by atoms with Gasteiger partial charge in [0.15, 0.2) is 0 Å². The molecule has 0 aromatic carbocycles. The molecule has 2 heterocycles. The van der Waals surface area contributed by atoms with Gasteiger partial charge in [-0.05, 0) is 25.3 Å². The molecule has 1 aromatic heterocycles. The minimum absolute atomic E-state index is 0. The highest BCUT2D eigenvalue weighted by atomic mass is 32.2. The van der Waals surface area contributed by atoms with E-state index in [0.29, 0.717) is 0 Å². The van der Waals surface area contributed by atoms with Crippen molar-refractivity contribution in [3.63, 3.8) is 0 Å². The standard InChI is InChI=1S/C8H13N3S.H2/c1-12-8-5-7-6-9-3-2-4-11(7)10-8;/h5,9H,2-4,6H2,1H3;1H. The van der Waals surface area contributed by atoms with E-state index in [0.717, 1.165) is 24.7 Å². The Balaban J connectivity index is 0.000000845. The van der Waals surface area contributed by atoms with Gasteiger partial charge >= 0.3 is 0 Å². The predicted octanol–water partition coefficient (Wildman–Crippen LogP) is 1.34. The summed E-state index contributed by atoms with van der Waals surface area (Å²) in [4.78, 5) is 0. The van der Waals surface area contributed by atoms with Gasteiger partial charge in [0.2, 0.25) is 0 Å². The number of nitrogens with one attached hydrogen (secondary N) is 1. The highest BCUT2D eigenvalue weighted by molar-refractivity contribution is 7.98. The smallest absolute Gasteiger partial charge is 0.118 e. The summed E-state index contributed by atoms with van der Waals surface area (Å²) < 4.78 is 2.12. The summed E-state index contributed by atoms with van der Waals surface area (Å²) >= 11 is 1.71. The van der Waals surface area contributed by atoms with Crippen molar-refractivity contribution in [1.29, 1.82) is 0 Å². The first kappa shape index (κ1) is 8.13. The maximum Gasteiger partial charge on any atom is 0.118 e. The van der Waals surface area contributed by atoms with E-state index in [1.807, 2.05) is 0 Å². The summed E-state index contributed by atoms with van der Waals surface area (Å²) in [6.45, 7) is 3.13. The van der Waals surface area contributed by atoms with E-state index in [2.05, 4.69) is 27.4 Å². The molecule has 4 heteroatoms. The van der Waals surface area contributed by atoms with Crippen molar-refractivity contribution < 1.29 is 1.43 Å². The molecule has 0 aliphatic carbocycles. The van der Waals surface area contributed by atoms with Crippen LogP contribution in [0.5, 0.6) is 0 Å². The third kappa shape index (κ3) is 1.49. The SMILES string of the molecule is CSc1cc2n(n1)CCCNC2.[HH]. The lowest BCUT2D eigenvalue weighted by Crippen LogP contribution is -2.11. The van der Waals surface area contributed by atoms with E-state index in [4.69, 9.17) is 0 Å². The monoisotopic (exact) mass is 185 g/mol. The summed E-state index contributed by atoms with van der Waals surface area (Å²) in [5.41, 5.74) is 1.32. The summed E-state index contributed by atoms with van der Waals surface area (Å²) in [5, 5.41) is 8.97. The van der Waals surface area contributed by atoms with E-state index >= 15 is 0 Å². The molecule has 0 saturated heterocycles. The highest BCUT2D eigenvalue weighted by Gasteiger charge is 2.09. The summed E-state index contributed by atoms with van der Waals surface area (Å²) in [5.74, 6) is 0. The zero-order valence-electron chi connectivity index (χ0n) is 7.21. The molecular weight excluding hydrogens is 170 g/mol. The van der Waals surface area contributed by atoms with E-state index in [9.17, 15) is 0 Å². The van der Waals surface area contributed by atoms with Crippen LogP contribution in [0.1, 0.15) is 13.5 Å². The van der Waals surface area contributed by atoms with Crippen LogP contribution in [-0.2, 0) is 13.1 Å². The topological polar surface area (TPSA) is 29.9 Å². The molecule has 12 heavy (non-hydrogen) atoms. The van der Waals surface area contributed by atoms with Crippen molar-refractivity contribution >= 4 is 11.8 Å². The fraction of sp³-hybridized carbons (Fsp3) is 0.625. The predicted molar refractivity (Wildman–Crippen MR) is 52.4 cm³/mol. The Morgan fingerprint density at radius 2 is 2.67 bits per heavy atom. The van der Waals surface area contributed by atoms with Crippen molar-refractivity contribution in [2.75, 3.05) is 12.8 Å². The van der Waals surface area contributed by atoms with Crippen LogP contribution in [0.15, 0.2) is 11.1 Å². The number of fused-ring (bicyclic) bond motifs is 1. The lowest BCUT2D eigenvalue weighted by Gasteiger charge is -1.98. The Morgan fingerprint density at radius 1 is 1.75 bits per heavy atom. The minimum Gasteiger partial charge on any atom is -0.311 e. The van der Waals surface area contributed by atoms with Gasteiger partial charge in [-0.25, -0.2) is 0 Å². The Hall–Kier alpha value is -0.480. The second kappa shape index (κ2) is 3.49. The van der Waals surface area contributed by atoms with Gasteiger partial charge in [-0.2, -0.15) is 5.10 Å². The third-order valence-corrected chi connectivity index (χ3v) is 2.70. The van der Waals surface area contributed by atoms with Crippen LogP contribution in [-0.4, -0.2) is 22.6 Å². The molecule has 0 fully saturated rings. The van der Waals surface area contributed by atoms with Crippen LogP contribution >= 0.6 is 11.8 Å². The largest absolute Gasteiger partial charge is 0.311 e. The third-order valence-electron chi connectivity index (χ3n) is 2.08. The van der Waals surface area contributed by atoms with E-state index in [-0.39, 0.29) is 1.43 Å². The number of rotatable bonds is 1. The molecule has 1 aliphatic rings. The average Bonchev–Trinajstić information content (AvgIpc) is 2.37. The molecule has 68 valence electrons. The van der Waals surface area contributed by atoms with Crippen molar-refractivity contribution in [2.24, 2.45) is 0 Å². The van der Waals surface area contributed by atoms with Gasteiger partial charge < -0.3 is 5.32 Å². The fourth-order valence-electron chi connectivity index (χ4n) is 1.44. The maximum atomic E-state index is 4.47. The average molecular weight is 185 g/mol. The Morgan fingerprint density at radius 3 is 3.50 bits per heavy atom. The van der Waals surface area contributed by atoms with Crippen LogP contribution < -0.4 is 5.32 Å². The quantitative estimate of drug-likeness (QED) is 0.670. The molecule has 0 radical (unpaired) electrons. The van der Waals surface area contributed by atoms with E-state index in [1.54, 1.807) is 11.8 Å². The minimum atomic E-state index is 0. The summed E-state index contributed by atoms with van der Waals surface area (Å²) in [6.07, 6.45) is 3.25. The van der Waals surface area contributed by atoms with Crippen molar-refractivity contribution in [3.05, 3.63) is 11.8 Å². The van der Waals surface area contributed by atoms with Crippen LogP contribution in [0.2, 0.25) is 0 Å². The fourth-order valence-corrected chi connectivity index (χ4v) is 1.87. The molecule has 3 nitrogen and oxygen atoms in total. The molecule has 1 N–H and O–H groups in total. The van der Waals surface area contributed by atoms with E-state index in [1.165, 1.54) is 12.1 Å². The maximum absolute atomic E-state index is 4.47. The molecular formula is C8H15N3S. The molecule has 0 atom stereocenters. The van der Waals surface area contributed by atoms with Crippen molar-refractivity contribution in [2.45, 2.75) is 24.5 Å². The van der Waals surface area contributed by atoms with Gasteiger partial charge in [0.05, 0.1) is 5.69 Å². The van der Waals surface area contributed by atoms with Gasteiger partial charge in [0, 0.05) is 14.5 Å². The van der Waals surface area contributed by atoms with Gasteiger partial charge in [0.1, 0.15) is 5.03 Å². The molecule has 0 unspecified atom stereocenters. The van der Waals surface area contributed by atoms with Crippen LogP contribution in [0, 0.1) is 0 Å². The Labute approximate surface area is 78.0 Å². The highest BCUT2D eigenvalue weighted by Crippen LogP contribution is 2.15. The molecule has 0 saturated carbocycles.